The molecule has 0 saturated heterocycles. The molecule has 0 radical (unpaired) electrons. The van der Waals surface area contributed by atoms with Crippen LogP contribution in [0.4, 0.5) is 0 Å². The lowest BCUT2D eigenvalue weighted by Gasteiger charge is -2.16. The fourth-order valence-electron chi connectivity index (χ4n) is 2.50. The van der Waals surface area contributed by atoms with E-state index >= 15 is 0 Å². The highest BCUT2D eigenvalue weighted by Crippen LogP contribution is 2.35. The van der Waals surface area contributed by atoms with Gasteiger partial charge in [-0.05, 0) is 57.4 Å². The first-order chi connectivity index (χ1) is 13.7. The summed E-state index contributed by atoms with van der Waals surface area (Å²) in [6.07, 6.45) is 2.77. The average Bonchev–Trinajstić information content (AvgIpc) is 2.70. The number of benzene rings is 2. The molecular formula is C20H20BrNO7. The zero-order chi connectivity index (χ0) is 21.6. The van der Waals surface area contributed by atoms with Gasteiger partial charge in [-0.1, -0.05) is 6.07 Å². The molecule has 0 aliphatic rings. The van der Waals surface area contributed by atoms with Crippen molar-refractivity contribution in [3.63, 3.8) is 0 Å². The summed E-state index contributed by atoms with van der Waals surface area (Å²) in [6, 6.07) is 6.25. The molecule has 0 fully saturated rings. The smallest absolute Gasteiger partial charge is 0.328 e. The lowest BCUT2D eigenvalue weighted by atomic mass is 10.1. The van der Waals surface area contributed by atoms with Crippen molar-refractivity contribution in [1.29, 1.82) is 0 Å². The molecule has 0 saturated carbocycles. The van der Waals surface area contributed by atoms with E-state index < -0.39 is 17.9 Å². The molecule has 1 atom stereocenters. The van der Waals surface area contributed by atoms with Crippen LogP contribution in [0, 0.1) is 0 Å². The van der Waals surface area contributed by atoms with Gasteiger partial charge in [0.1, 0.15) is 6.04 Å². The van der Waals surface area contributed by atoms with E-state index in [2.05, 4.69) is 21.2 Å². The number of hydrogen-bond acceptors (Lipinski definition) is 7. The summed E-state index contributed by atoms with van der Waals surface area (Å²) >= 11 is 3.20. The van der Waals surface area contributed by atoms with E-state index in [0.717, 1.165) is 0 Å². The van der Waals surface area contributed by atoms with Crippen molar-refractivity contribution in [1.82, 2.24) is 5.32 Å². The minimum atomic E-state index is -0.998. The maximum Gasteiger partial charge on any atom is 0.328 e. The predicted molar refractivity (Wildman–Crippen MR) is 109 cm³/mol. The van der Waals surface area contributed by atoms with Gasteiger partial charge in [0.2, 0.25) is 5.91 Å². The molecule has 2 aromatic rings. The van der Waals surface area contributed by atoms with Crippen LogP contribution in [0.3, 0.4) is 0 Å². The molecule has 0 aliphatic carbocycles. The van der Waals surface area contributed by atoms with E-state index in [-0.39, 0.29) is 29.4 Å². The zero-order valence-corrected chi connectivity index (χ0v) is 17.3. The molecule has 1 unspecified atom stereocenters. The SMILES string of the molecule is COC(=O)C(Cc1ccc(O)c(O)c1)NC(=O)C=Cc1cc(Br)c(O)c(OC)c1. The van der Waals surface area contributed by atoms with Crippen LogP contribution in [0.1, 0.15) is 11.1 Å². The number of nitrogens with one attached hydrogen (secondary N) is 1. The number of rotatable bonds is 7. The first-order valence-corrected chi connectivity index (χ1v) is 9.18. The third kappa shape index (κ3) is 5.89. The van der Waals surface area contributed by atoms with E-state index in [1.165, 1.54) is 44.6 Å². The average molecular weight is 466 g/mol. The third-order valence-corrected chi connectivity index (χ3v) is 4.58. The van der Waals surface area contributed by atoms with Gasteiger partial charge in [-0.2, -0.15) is 0 Å². The maximum atomic E-state index is 12.3. The largest absolute Gasteiger partial charge is 0.504 e. The Bertz CT molecular complexity index is 943. The van der Waals surface area contributed by atoms with Gasteiger partial charge in [0, 0.05) is 12.5 Å². The molecular weight excluding hydrogens is 446 g/mol. The molecule has 0 bridgehead atoms. The number of hydrogen-bond donors (Lipinski definition) is 4. The highest BCUT2D eigenvalue weighted by molar-refractivity contribution is 9.10. The van der Waals surface area contributed by atoms with Crippen LogP contribution in [0.15, 0.2) is 40.9 Å². The number of ether oxygens (including phenoxy) is 2. The van der Waals surface area contributed by atoms with Crippen LogP contribution >= 0.6 is 15.9 Å². The molecule has 8 nitrogen and oxygen atoms in total. The second kappa shape index (κ2) is 9.83. The van der Waals surface area contributed by atoms with Crippen molar-refractivity contribution in [3.8, 4) is 23.0 Å². The number of amides is 1. The number of methoxy groups -OCH3 is 2. The fraction of sp³-hybridized carbons (Fsp3) is 0.200. The lowest BCUT2D eigenvalue weighted by Crippen LogP contribution is -2.42. The molecule has 4 N–H and O–H groups in total. The molecule has 0 aromatic heterocycles. The van der Waals surface area contributed by atoms with Crippen LogP contribution in [0.25, 0.3) is 6.08 Å². The Morgan fingerprint density at radius 3 is 2.48 bits per heavy atom. The van der Waals surface area contributed by atoms with Gasteiger partial charge < -0.3 is 30.1 Å². The third-order valence-electron chi connectivity index (χ3n) is 3.98. The van der Waals surface area contributed by atoms with E-state index in [1.54, 1.807) is 12.1 Å². The summed E-state index contributed by atoms with van der Waals surface area (Å²) in [4.78, 5) is 24.3. The predicted octanol–water partition coefficient (Wildman–Crippen LogP) is 2.49. The van der Waals surface area contributed by atoms with Crippen molar-refractivity contribution in [2.75, 3.05) is 14.2 Å². The Balaban J connectivity index is 2.13. The second-order valence-electron chi connectivity index (χ2n) is 6.00. The van der Waals surface area contributed by atoms with Crippen LogP contribution in [-0.4, -0.2) is 47.5 Å². The van der Waals surface area contributed by atoms with E-state index in [1.807, 2.05) is 0 Å². The summed E-state index contributed by atoms with van der Waals surface area (Å²) in [6.45, 7) is 0. The zero-order valence-electron chi connectivity index (χ0n) is 15.7. The fourth-order valence-corrected chi connectivity index (χ4v) is 2.96. The second-order valence-corrected chi connectivity index (χ2v) is 6.85. The first-order valence-electron chi connectivity index (χ1n) is 8.39. The monoisotopic (exact) mass is 465 g/mol. The molecule has 29 heavy (non-hydrogen) atoms. The number of carbonyl (C=O) groups excluding carboxylic acids is 2. The molecule has 154 valence electrons. The number of carbonyl (C=O) groups is 2. The lowest BCUT2D eigenvalue weighted by molar-refractivity contribution is -0.144. The highest BCUT2D eigenvalue weighted by atomic mass is 79.9. The van der Waals surface area contributed by atoms with Crippen molar-refractivity contribution in [2.24, 2.45) is 0 Å². The topological polar surface area (TPSA) is 125 Å². The van der Waals surface area contributed by atoms with Crippen LogP contribution in [0.5, 0.6) is 23.0 Å². The number of phenolic OH excluding ortho intramolecular Hbond substituents is 3. The molecule has 1 amide bonds. The Kier molecular flexibility index (Phi) is 7.49. The van der Waals surface area contributed by atoms with Crippen molar-refractivity contribution < 1.29 is 34.4 Å². The minimum Gasteiger partial charge on any atom is -0.504 e. The van der Waals surface area contributed by atoms with Gasteiger partial charge >= 0.3 is 5.97 Å². The quantitative estimate of drug-likeness (QED) is 0.281. The number of esters is 1. The van der Waals surface area contributed by atoms with Gasteiger partial charge in [0.15, 0.2) is 23.0 Å². The molecule has 2 rings (SSSR count). The first kappa shape index (κ1) is 22.1. The van der Waals surface area contributed by atoms with E-state index in [0.29, 0.717) is 15.6 Å². The van der Waals surface area contributed by atoms with Gasteiger partial charge in [-0.3, -0.25) is 4.79 Å². The van der Waals surface area contributed by atoms with Crippen molar-refractivity contribution in [2.45, 2.75) is 12.5 Å². The number of aromatic hydroxyl groups is 3. The van der Waals surface area contributed by atoms with E-state index in [9.17, 15) is 24.9 Å². The summed E-state index contributed by atoms with van der Waals surface area (Å²) in [5, 5.41) is 31.3. The van der Waals surface area contributed by atoms with E-state index in [4.69, 9.17) is 9.47 Å². The molecule has 0 aliphatic heterocycles. The van der Waals surface area contributed by atoms with Gasteiger partial charge in [0.05, 0.1) is 18.7 Å². The minimum absolute atomic E-state index is 0.0542. The summed E-state index contributed by atoms with van der Waals surface area (Å²) in [5.74, 6) is -1.65. The summed E-state index contributed by atoms with van der Waals surface area (Å²) in [7, 11) is 2.61. The van der Waals surface area contributed by atoms with Crippen molar-refractivity contribution >= 4 is 33.9 Å². The van der Waals surface area contributed by atoms with Crippen LogP contribution < -0.4 is 10.1 Å². The maximum absolute atomic E-state index is 12.3. The molecule has 9 heteroatoms. The highest BCUT2D eigenvalue weighted by Gasteiger charge is 2.21. The van der Waals surface area contributed by atoms with Gasteiger partial charge in [-0.15, -0.1) is 0 Å². The van der Waals surface area contributed by atoms with Crippen LogP contribution in [0.2, 0.25) is 0 Å². The normalized spacial score (nSPS) is 11.8. The van der Waals surface area contributed by atoms with Gasteiger partial charge in [0.25, 0.3) is 0 Å². The summed E-state index contributed by atoms with van der Waals surface area (Å²) < 4.78 is 10.2. The van der Waals surface area contributed by atoms with Crippen molar-refractivity contribution in [3.05, 3.63) is 52.0 Å². The summed E-state index contributed by atoms with van der Waals surface area (Å²) in [5.41, 5.74) is 1.10. The Morgan fingerprint density at radius 1 is 1.14 bits per heavy atom. The van der Waals surface area contributed by atoms with Gasteiger partial charge in [-0.25, -0.2) is 4.79 Å². The molecule has 2 aromatic carbocycles. The Morgan fingerprint density at radius 2 is 1.86 bits per heavy atom. The standard InChI is InChI=1S/C20H20BrNO7/c1-28-17-10-11(7-13(21)19(17)26)4-6-18(25)22-14(20(27)29-2)8-12-3-5-15(23)16(24)9-12/h3-7,9-10,14,23-24,26H,8H2,1-2H3,(H,22,25). The Hall–Kier alpha value is -3.20. The molecule has 0 heterocycles. The molecule has 0 spiro atoms. The Labute approximate surface area is 175 Å². The van der Waals surface area contributed by atoms with Crippen LogP contribution in [-0.2, 0) is 20.7 Å². The number of phenols is 3. The number of halogens is 1.